The summed E-state index contributed by atoms with van der Waals surface area (Å²) < 4.78 is 6.11. The minimum absolute atomic E-state index is 0.146. The average molecular weight is 555 g/mol. The van der Waals surface area contributed by atoms with Gasteiger partial charge in [0.15, 0.2) is 0 Å². The van der Waals surface area contributed by atoms with E-state index in [9.17, 15) is 4.79 Å². The first kappa shape index (κ1) is 29.1. The topological polar surface area (TPSA) is 81.3 Å². The van der Waals surface area contributed by atoms with Gasteiger partial charge in [-0.2, -0.15) is 5.26 Å². The Bertz CT molecular complexity index is 1470. The van der Waals surface area contributed by atoms with E-state index in [1.807, 2.05) is 49.3 Å². The zero-order valence-corrected chi connectivity index (χ0v) is 24.1. The minimum atomic E-state index is -0.243. The third-order valence-corrected chi connectivity index (χ3v) is 7.13. The lowest BCUT2D eigenvalue weighted by Gasteiger charge is -2.23. The second kappa shape index (κ2) is 13.5. The number of nitrogens with zero attached hydrogens (tertiary/aromatic N) is 2. The number of nitrogens with one attached hydrogen (secondary N) is 2. The van der Waals surface area contributed by atoms with Gasteiger partial charge in [0.05, 0.1) is 28.8 Å². The molecular formula is C33H35ClN4O2. The highest BCUT2D eigenvalue weighted by Crippen LogP contribution is 2.27. The number of furan rings is 1. The maximum absolute atomic E-state index is 13.4. The Morgan fingerprint density at radius 3 is 2.42 bits per heavy atom. The van der Waals surface area contributed by atoms with E-state index in [1.165, 1.54) is 11.1 Å². The molecule has 1 heterocycles. The largest absolute Gasteiger partial charge is 0.460 e. The van der Waals surface area contributed by atoms with Gasteiger partial charge in [-0.25, -0.2) is 0 Å². The molecule has 0 aliphatic carbocycles. The van der Waals surface area contributed by atoms with E-state index >= 15 is 0 Å². The summed E-state index contributed by atoms with van der Waals surface area (Å²) in [5, 5.41) is 16.1. The zero-order chi connectivity index (χ0) is 28.6. The number of likely N-dealkylation sites (N-methyl/N-ethyl adjacent to an activating group) is 1. The average Bonchev–Trinajstić information content (AvgIpc) is 3.41. The number of nitriles is 1. The van der Waals surface area contributed by atoms with Crippen LogP contribution in [-0.2, 0) is 13.0 Å². The number of benzene rings is 3. The third kappa shape index (κ3) is 7.83. The van der Waals surface area contributed by atoms with Gasteiger partial charge in [0.1, 0.15) is 11.5 Å². The van der Waals surface area contributed by atoms with Crippen molar-refractivity contribution >= 4 is 17.5 Å². The summed E-state index contributed by atoms with van der Waals surface area (Å²) in [5.41, 5.74) is 5.28. The van der Waals surface area contributed by atoms with Crippen LogP contribution < -0.4 is 10.6 Å². The second-order valence-electron chi connectivity index (χ2n) is 10.4. The highest BCUT2D eigenvalue weighted by molar-refractivity contribution is 6.34. The van der Waals surface area contributed by atoms with Crippen molar-refractivity contribution < 1.29 is 9.21 Å². The standard InChI is InChI=1S/C33H35ClN4O2/c1-22-5-11-26(12-6-22)23(2)36-20-29-14-16-32(40-29)27-13-15-31(34)30(18-27)33(39)37-28(21-38(3)4)17-24-7-9-25(19-35)10-8-24/h5-16,18,23,28,36H,17,20-21H2,1-4H3,(H,37,39)/t23-,28-/m1/s1. The lowest BCUT2D eigenvalue weighted by Crippen LogP contribution is -2.43. The highest BCUT2D eigenvalue weighted by atomic mass is 35.5. The fourth-order valence-corrected chi connectivity index (χ4v) is 4.78. The molecule has 2 N–H and O–H groups in total. The molecule has 1 amide bonds. The quantitative estimate of drug-likeness (QED) is 0.220. The number of hydrogen-bond acceptors (Lipinski definition) is 5. The molecule has 4 aromatic rings. The van der Waals surface area contributed by atoms with Gasteiger partial charge < -0.3 is 20.0 Å². The van der Waals surface area contributed by atoms with Gasteiger partial charge in [-0.05, 0) is 88.0 Å². The molecule has 2 atom stereocenters. The van der Waals surface area contributed by atoms with E-state index in [0.717, 1.165) is 16.9 Å². The van der Waals surface area contributed by atoms with E-state index in [0.29, 0.717) is 41.4 Å². The van der Waals surface area contributed by atoms with Gasteiger partial charge in [-0.3, -0.25) is 4.79 Å². The third-order valence-electron chi connectivity index (χ3n) is 6.80. The van der Waals surface area contributed by atoms with Crippen LogP contribution in [0.15, 0.2) is 83.3 Å². The molecule has 206 valence electrons. The van der Waals surface area contributed by atoms with Crippen LogP contribution >= 0.6 is 11.6 Å². The molecule has 0 spiro atoms. The lowest BCUT2D eigenvalue weighted by molar-refractivity contribution is 0.0930. The Morgan fingerprint density at radius 2 is 1.75 bits per heavy atom. The first-order chi connectivity index (χ1) is 19.2. The molecular weight excluding hydrogens is 520 g/mol. The second-order valence-corrected chi connectivity index (χ2v) is 10.8. The number of carbonyl (C=O) groups is 1. The van der Waals surface area contributed by atoms with E-state index in [1.54, 1.807) is 24.3 Å². The Kier molecular flexibility index (Phi) is 9.79. The van der Waals surface area contributed by atoms with Gasteiger partial charge in [0, 0.05) is 24.2 Å². The van der Waals surface area contributed by atoms with Crippen LogP contribution in [0.4, 0.5) is 0 Å². The number of aryl methyl sites for hydroxylation is 1. The Hall–Kier alpha value is -3.89. The summed E-state index contributed by atoms with van der Waals surface area (Å²) >= 11 is 6.48. The van der Waals surface area contributed by atoms with Gasteiger partial charge in [-0.15, -0.1) is 0 Å². The van der Waals surface area contributed by atoms with Crippen molar-refractivity contribution in [2.75, 3.05) is 20.6 Å². The van der Waals surface area contributed by atoms with E-state index in [-0.39, 0.29) is 18.0 Å². The van der Waals surface area contributed by atoms with Crippen molar-refractivity contribution in [1.29, 1.82) is 5.26 Å². The smallest absolute Gasteiger partial charge is 0.253 e. The number of rotatable bonds is 11. The van der Waals surface area contributed by atoms with Crippen LogP contribution in [0.25, 0.3) is 11.3 Å². The molecule has 7 heteroatoms. The van der Waals surface area contributed by atoms with Crippen LogP contribution in [0.2, 0.25) is 5.02 Å². The lowest BCUT2D eigenvalue weighted by atomic mass is 10.0. The van der Waals surface area contributed by atoms with Gasteiger partial charge in [0.25, 0.3) is 5.91 Å². The maximum atomic E-state index is 13.4. The minimum Gasteiger partial charge on any atom is -0.460 e. The Labute approximate surface area is 241 Å². The normalized spacial score (nSPS) is 12.6. The van der Waals surface area contributed by atoms with Gasteiger partial charge in [0.2, 0.25) is 0 Å². The van der Waals surface area contributed by atoms with E-state index in [2.05, 4.69) is 54.8 Å². The SMILES string of the molecule is Cc1ccc([C@@H](C)NCc2ccc(-c3ccc(Cl)c(C(=O)N[C@H](Cc4ccc(C#N)cc4)CN(C)C)c3)o2)cc1. The Morgan fingerprint density at radius 1 is 1.02 bits per heavy atom. The molecule has 0 bridgehead atoms. The van der Waals surface area contributed by atoms with Crippen molar-refractivity contribution in [3.8, 4) is 17.4 Å². The zero-order valence-electron chi connectivity index (χ0n) is 23.4. The molecule has 0 fully saturated rings. The molecule has 0 radical (unpaired) electrons. The number of halogens is 1. The predicted molar refractivity (Wildman–Crippen MR) is 160 cm³/mol. The number of amides is 1. The molecule has 3 aromatic carbocycles. The molecule has 0 saturated heterocycles. The van der Waals surface area contributed by atoms with Crippen LogP contribution in [0.5, 0.6) is 0 Å². The molecule has 4 rings (SSSR count). The van der Waals surface area contributed by atoms with Crippen molar-refractivity contribution in [1.82, 2.24) is 15.5 Å². The fraction of sp³-hybridized carbons (Fsp3) is 0.273. The summed E-state index contributed by atoms with van der Waals surface area (Å²) in [7, 11) is 3.94. The molecule has 0 aliphatic heterocycles. The highest BCUT2D eigenvalue weighted by Gasteiger charge is 2.19. The summed E-state index contributed by atoms with van der Waals surface area (Å²) in [5.74, 6) is 1.24. The molecule has 40 heavy (non-hydrogen) atoms. The van der Waals surface area contributed by atoms with Crippen LogP contribution in [0, 0.1) is 18.3 Å². The Balaban J connectivity index is 1.44. The molecule has 1 aromatic heterocycles. The fourth-order valence-electron chi connectivity index (χ4n) is 4.57. The van der Waals surface area contributed by atoms with E-state index < -0.39 is 0 Å². The van der Waals surface area contributed by atoms with Crippen molar-refractivity contribution in [3.63, 3.8) is 0 Å². The first-order valence-corrected chi connectivity index (χ1v) is 13.7. The number of hydrogen-bond donors (Lipinski definition) is 2. The van der Waals surface area contributed by atoms with E-state index in [4.69, 9.17) is 21.3 Å². The molecule has 0 aliphatic rings. The summed E-state index contributed by atoms with van der Waals surface area (Å²) in [6.07, 6.45) is 0.627. The molecule has 6 nitrogen and oxygen atoms in total. The van der Waals surface area contributed by atoms with Crippen molar-refractivity contribution in [2.45, 2.75) is 38.9 Å². The molecule has 0 unspecified atom stereocenters. The maximum Gasteiger partial charge on any atom is 0.253 e. The molecule has 0 saturated carbocycles. The number of carbonyl (C=O) groups excluding carboxylic acids is 1. The van der Waals surface area contributed by atoms with Gasteiger partial charge in [-0.1, -0.05) is 53.6 Å². The summed E-state index contributed by atoms with van der Waals surface area (Å²) in [6.45, 7) is 5.44. The van der Waals surface area contributed by atoms with Crippen molar-refractivity contribution in [2.24, 2.45) is 0 Å². The summed E-state index contributed by atoms with van der Waals surface area (Å²) in [6, 6.07) is 27.3. The van der Waals surface area contributed by atoms with Gasteiger partial charge >= 0.3 is 0 Å². The van der Waals surface area contributed by atoms with Crippen molar-refractivity contribution in [3.05, 3.63) is 117 Å². The first-order valence-electron chi connectivity index (χ1n) is 13.3. The van der Waals surface area contributed by atoms with Crippen LogP contribution in [0.3, 0.4) is 0 Å². The monoisotopic (exact) mass is 554 g/mol. The predicted octanol–water partition coefficient (Wildman–Crippen LogP) is 6.53. The summed E-state index contributed by atoms with van der Waals surface area (Å²) in [4.78, 5) is 15.4. The van der Waals surface area contributed by atoms with Crippen LogP contribution in [0.1, 0.15) is 51.3 Å². The van der Waals surface area contributed by atoms with Crippen LogP contribution in [-0.4, -0.2) is 37.5 Å².